The second-order valence-electron chi connectivity index (χ2n) is 7.13. The van der Waals surface area contributed by atoms with Crippen LogP contribution in [0.1, 0.15) is 38.8 Å². The highest BCUT2D eigenvalue weighted by Crippen LogP contribution is 2.14. The van der Waals surface area contributed by atoms with Crippen molar-refractivity contribution in [1.82, 2.24) is 10.2 Å². The number of nitrogens with one attached hydrogen (secondary N) is 1. The minimum absolute atomic E-state index is 0.0111. The van der Waals surface area contributed by atoms with Gasteiger partial charge in [0, 0.05) is 12.6 Å². The molecule has 2 aromatic carbocycles. The summed E-state index contributed by atoms with van der Waals surface area (Å²) >= 11 is 0. The van der Waals surface area contributed by atoms with Gasteiger partial charge in [0.05, 0.1) is 0 Å². The number of rotatable bonds is 9. The molecule has 0 saturated heterocycles. The largest absolute Gasteiger partial charge is 0.484 e. The van der Waals surface area contributed by atoms with E-state index in [1.807, 2.05) is 68.4 Å². The van der Waals surface area contributed by atoms with Gasteiger partial charge in [-0.3, -0.25) is 9.59 Å². The number of carbonyl (C=O) groups is 2. The summed E-state index contributed by atoms with van der Waals surface area (Å²) in [6.07, 6.45) is 0.951. The van der Waals surface area contributed by atoms with Crippen molar-refractivity contribution >= 4 is 11.8 Å². The maximum atomic E-state index is 12.9. The van der Waals surface area contributed by atoms with Crippen LogP contribution in [0.25, 0.3) is 0 Å². The number of aryl methyl sites for hydroxylation is 1. The molecule has 28 heavy (non-hydrogen) atoms. The van der Waals surface area contributed by atoms with Crippen LogP contribution >= 0.6 is 0 Å². The number of ether oxygens (including phenoxy) is 1. The first-order chi connectivity index (χ1) is 13.4. The molecule has 1 atom stereocenters. The van der Waals surface area contributed by atoms with E-state index < -0.39 is 6.04 Å². The molecule has 0 spiro atoms. The van der Waals surface area contributed by atoms with Crippen molar-refractivity contribution in [3.63, 3.8) is 0 Å². The van der Waals surface area contributed by atoms with E-state index in [4.69, 9.17) is 4.74 Å². The van der Waals surface area contributed by atoms with Crippen molar-refractivity contribution in [2.45, 2.75) is 52.7 Å². The number of hydrogen-bond donors (Lipinski definition) is 1. The lowest BCUT2D eigenvalue weighted by Gasteiger charge is -2.29. The van der Waals surface area contributed by atoms with E-state index in [9.17, 15) is 9.59 Å². The molecular formula is C23H30N2O3. The Balaban J connectivity index is 2.09. The van der Waals surface area contributed by atoms with E-state index in [0.717, 1.165) is 12.0 Å². The van der Waals surface area contributed by atoms with Crippen LogP contribution in [0.4, 0.5) is 0 Å². The number of carbonyl (C=O) groups excluding carboxylic acids is 2. The molecule has 2 rings (SSSR count). The Kier molecular flexibility index (Phi) is 8.05. The average Bonchev–Trinajstić information content (AvgIpc) is 2.70. The zero-order chi connectivity index (χ0) is 20.5. The van der Waals surface area contributed by atoms with Gasteiger partial charge in [-0.05, 0) is 50.5 Å². The summed E-state index contributed by atoms with van der Waals surface area (Å²) in [6, 6.07) is 16.8. The van der Waals surface area contributed by atoms with Crippen LogP contribution in [0, 0.1) is 0 Å². The Hall–Kier alpha value is -2.82. The summed E-state index contributed by atoms with van der Waals surface area (Å²) in [5.74, 6) is 0.242. The minimum atomic E-state index is -0.596. The summed E-state index contributed by atoms with van der Waals surface area (Å²) in [7, 11) is 0. The number of amides is 2. The Morgan fingerprint density at radius 2 is 1.61 bits per heavy atom. The Bertz CT molecular complexity index is 757. The predicted molar refractivity (Wildman–Crippen MR) is 111 cm³/mol. The molecule has 0 heterocycles. The van der Waals surface area contributed by atoms with Crippen LogP contribution in [-0.4, -0.2) is 35.4 Å². The van der Waals surface area contributed by atoms with Gasteiger partial charge in [-0.15, -0.1) is 0 Å². The van der Waals surface area contributed by atoms with Crippen LogP contribution in [0.2, 0.25) is 0 Å². The molecule has 0 aliphatic carbocycles. The lowest BCUT2D eigenvalue weighted by molar-refractivity contribution is -0.142. The first-order valence-electron chi connectivity index (χ1n) is 9.76. The highest BCUT2D eigenvalue weighted by Gasteiger charge is 2.26. The summed E-state index contributed by atoms with van der Waals surface area (Å²) in [4.78, 5) is 26.9. The van der Waals surface area contributed by atoms with Gasteiger partial charge in [-0.1, -0.05) is 49.4 Å². The fourth-order valence-electron chi connectivity index (χ4n) is 2.82. The molecule has 0 aliphatic rings. The number of hydrogen-bond acceptors (Lipinski definition) is 3. The first-order valence-corrected chi connectivity index (χ1v) is 9.76. The SMILES string of the molecule is CCc1ccc(OCC(=O)N(Cc2ccccc2)C(C)C(=O)NC(C)C)cc1. The van der Waals surface area contributed by atoms with Gasteiger partial charge in [0.2, 0.25) is 5.91 Å². The van der Waals surface area contributed by atoms with Gasteiger partial charge in [0.1, 0.15) is 11.8 Å². The minimum Gasteiger partial charge on any atom is -0.484 e. The fourth-order valence-corrected chi connectivity index (χ4v) is 2.82. The summed E-state index contributed by atoms with van der Waals surface area (Å²) in [5, 5.41) is 2.88. The van der Waals surface area contributed by atoms with Gasteiger partial charge < -0.3 is 15.0 Å². The lowest BCUT2D eigenvalue weighted by atomic mass is 10.1. The average molecular weight is 383 g/mol. The second-order valence-corrected chi connectivity index (χ2v) is 7.13. The third-order valence-electron chi connectivity index (χ3n) is 4.49. The van der Waals surface area contributed by atoms with Crippen molar-refractivity contribution in [2.75, 3.05) is 6.61 Å². The third kappa shape index (κ3) is 6.41. The van der Waals surface area contributed by atoms with Crippen molar-refractivity contribution < 1.29 is 14.3 Å². The van der Waals surface area contributed by atoms with Gasteiger partial charge in [-0.2, -0.15) is 0 Å². The van der Waals surface area contributed by atoms with Crippen molar-refractivity contribution in [3.8, 4) is 5.75 Å². The molecule has 5 nitrogen and oxygen atoms in total. The molecule has 2 aromatic rings. The fraction of sp³-hybridized carbons (Fsp3) is 0.391. The molecule has 150 valence electrons. The monoisotopic (exact) mass is 382 g/mol. The van der Waals surface area contributed by atoms with Gasteiger partial charge in [0.15, 0.2) is 6.61 Å². The Morgan fingerprint density at radius 3 is 2.18 bits per heavy atom. The zero-order valence-corrected chi connectivity index (χ0v) is 17.1. The van der Waals surface area contributed by atoms with Gasteiger partial charge >= 0.3 is 0 Å². The van der Waals surface area contributed by atoms with Gasteiger partial charge in [0.25, 0.3) is 5.91 Å². The normalized spacial score (nSPS) is 11.8. The summed E-state index contributed by atoms with van der Waals surface area (Å²) in [6.45, 7) is 7.87. The molecule has 0 radical (unpaired) electrons. The van der Waals surface area contributed by atoms with E-state index in [-0.39, 0.29) is 24.5 Å². The van der Waals surface area contributed by atoms with Crippen LogP contribution in [0.3, 0.4) is 0 Å². The Labute approximate surface area is 167 Å². The van der Waals surface area contributed by atoms with Crippen LogP contribution < -0.4 is 10.1 Å². The van der Waals surface area contributed by atoms with Crippen LogP contribution in [0.5, 0.6) is 5.75 Å². The molecule has 0 saturated carbocycles. The van der Waals surface area contributed by atoms with E-state index in [0.29, 0.717) is 12.3 Å². The van der Waals surface area contributed by atoms with E-state index in [1.165, 1.54) is 5.56 Å². The smallest absolute Gasteiger partial charge is 0.261 e. The van der Waals surface area contributed by atoms with E-state index >= 15 is 0 Å². The molecule has 2 amide bonds. The molecule has 0 aromatic heterocycles. The highest BCUT2D eigenvalue weighted by atomic mass is 16.5. The molecule has 1 N–H and O–H groups in total. The Morgan fingerprint density at radius 1 is 0.964 bits per heavy atom. The van der Waals surface area contributed by atoms with Crippen molar-refractivity contribution in [2.24, 2.45) is 0 Å². The number of benzene rings is 2. The predicted octanol–water partition coefficient (Wildman–Crippen LogP) is 3.57. The zero-order valence-electron chi connectivity index (χ0n) is 17.1. The molecule has 0 aliphatic heterocycles. The number of nitrogens with zero attached hydrogens (tertiary/aromatic N) is 1. The molecule has 1 unspecified atom stereocenters. The molecule has 0 fully saturated rings. The standard InChI is InChI=1S/C23H30N2O3/c1-5-19-11-13-21(14-12-19)28-16-22(26)25(15-20-9-7-6-8-10-20)18(4)23(27)24-17(2)3/h6-14,17-18H,5,15-16H2,1-4H3,(H,24,27). The molecule has 0 bridgehead atoms. The maximum absolute atomic E-state index is 12.9. The van der Waals surface area contributed by atoms with E-state index in [1.54, 1.807) is 11.8 Å². The molecular weight excluding hydrogens is 352 g/mol. The van der Waals surface area contributed by atoms with Crippen LogP contribution in [-0.2, 0) is 22.6 Å². The van der Waals surface area contributed by atoms with Crippen LogP contribution in [0.15, 0.2) is 54.6 Å². The maximum Gasteiger partial charge on any atom is 0.261 e. The summed E-state index contributed by atoms with van der Waals surface area (Å²) < 4.78 is 5.67. The summed E-state index contributed by atoms with van der Waals surface area (Å²) in [5.41, 5.74) is 2.18. The van der Waals surface area contributed by atoms with Crippen molar-refractivity contribution in [3.05, 3.63) is 65.7 Å². The first kappa shape index (κ1) is 21.5. The molecule has 5 heteroatoms. The third-order valence-corrected chi connectivity index (χ3v) is 4.49. The van der Waals surface area contributed by atoms with Crippen molar-refractivity contribution in [1.29, 1.82) is 0 Å². The van der Waals surface area contributed by atoms with Gasteiger partial charge in [-0.25, -0.2) is 0 Å². The topological polar surface area (TPSA) is 58.6 Å². The second kappa shape index (κ2) is 10.5. The lowest BCUT2D eigenvalue weighted by Crippen LogP contribution is -2.50. The van der Waals surface area contributed by atoms with E-state index in [2.05, 4.69) is 12.2 Å². The highest BCUT2D eigenvalue weighted by molar-refractivity contribution is 5.88. The quantitative estimate of drug-likeness (QED) is 0.721.